The molecule has 1 unspecified atom stereocenters. The topological polar surface area (TPSA) is 108 Å². The average molecular weight is 237 g/mol. The Labute approximate surface area is 98.7 Å². The van der Waals surface area contributed by atoms with Gasteiger partial charge in [-0.15, -0.1) is 0 Å². The fourth-order valence-electron chi connectivity index (χ4n) is 1.72. The summed E-state index contributed by atoms with van der Waals surface area (Å²) in [7, 11) is 0. The summed E-state index contributed by atoms with van der Waals surface area (Å²) in [6.45, 7) is 1.76. The van der Waals surface area contributed by atoms with Gasteiger partial charge in [0.1, 0.15) is 17.3 Å². The molecule has 0 aliphatic carbocycles. The van der Waals surface area contributed by atoms with Crippen LogP contribution in [0.15, 0.2) is 12.4 Å². The van der Waals surface area contributed by atoms with Gasteiger partial charge in [-0.05, 0) is 0 Å². The van der Waals surface area contributed by atoms with E-state index in [9.17, 15) is 5.11 Å². The molecule has 0 saturated carbocycles. The van der Waals surface area contributed by atoms with Gasteiger partial charge in [0.25, 0.3) is 0 Å². The lowest BCUT2D eigenvalue weighted by Gasteiger charge is -2.35. The third kappa shape index (κ3) is 2.51. The summed E-state index contributed by atoms with van der Waals surface area (Å²) in [6.07, 6.45) is 3.02. The van der Waals surface area contributed by atoms with Crippen molar-refractivity contribution in [3.63, 3.8) is 0 Å². The van der Waals surface area contributed by atoms with Crippen molar-refractivity contribution in [3.8, 4) is 0 Å². The minimum absolute atomic E-state index is 0.0101. The third-order valence-corrected chi connectivity index (χ3v) is 2.65. The van der Waals surface area contributed by atoms with Crippen molar-refractivity contribution < 1.29 is 9.84 Å². The van der Waals surface area contributed by atoms with E-state index in [1.807, 2.05) is 4.90 Å². The molecule has 2 rings (SSSR count). The van der Waals surface area contributed by atoms with E-state index in [2.05, 4.69) is 9.97 Å². The van der Waals surface area contributed by atoms with Gasteiger partial charge in [0.15, 0.2) is 0 Å². The number of nitrogens with one attached hydrogen (secondary N) is 1. The second-order valence-corrected chi connectivity index (χ2v) is 3.78. The molecule has 7 heteroatoms. The number of hydrogen-bond acceptors (Lipinski definition) is 6. The van der Waals surface area contributed by atoms with Crippen molar-refractivity contribution in [2.45, 2.75) is 6.04 Å². The highest BCUT2D eigenvalue weighted by Gasteiger charge is 2.23. The molecule has 1 aromatic rings. The van der Waals surface area contributed by atoms with Crippen LogP contribution in [0, 0.1) is 5.41 Å². The van der Waals surface area contributed by atoms with Crippen molar-refractivity contribution in [1.29, 1.82) is 5.41 Å². The molecule has 0 spiro atoms. The summed E-state index contributed by atoms with van der Waals surface area (Å²) in [5.41, 5.74) is 5.65. The molecule has 0 bridgehead atoms. The van der Waals surface area contributed by atoms with Crippen molar-refractivity contribution >= 4 is 11.7 Å². The maximum atomic E-state index is 9.24. The van der Waals surface area contributed by atoms with Crippen LogP contribution < -0.4 is 10.6 Å². The molecule has 2 heterocycles. The van der Waals surface area contributed by atoms with Crippen molar-refractivity contribution in [2.24, 2.45) is 5.73 Å². The van der Waals surface area contributed by atoms with Crippen molar-refractivity contribution in [1.82, 2.24) is 9.97 Å². The molecule has 0 radical (unpaired) electrons. The van der Waals surface area contributed by atoms with Crippen LogP contribution in [0.2, 0.25) is 0 Å². The fourth-order valence-corrected chi connectivity index (χ4v) is 1.72. The Bertz CT molecular complexity index is 394. The first-order valence-electron chi connectivity index (χ1n) is 5.34. The van der Waals surface area contributed by atoms with Crippen molar-refractivity contribution in [3.05, 3.63) is 18.1 Å². The van der Waals surface area contributed by atoms with Crippen LogP contribution in [0.25, 0.3) is 0 Å². The number of aliphatic hydroxyl groups is 1. The first-order valence-corrected chi connectivity index (χ1v) is 5.34. The van der Waals surface area contributed by atoms with Gasteiger partial charge in [-0.1, -0.05) is 0 Å². The number of nitrogen functional groups attached to an aromatic ring is 1. The fraction of sp³-hybridized carbons (Fsp3) is 0.500. The number of hydrogen-bond donors (Lipinski definition) is 3. The van der Waals surface area contributed by atoms with Crippen molar-refractivity contribution in [2.75, 3.05) is 31.3 Å². The van der Waals surface area contributed by atoms with Gasteiger partial charge in [-0.3, -0.25) is 5.41 Å². The number of amidine groups is 1. The van der Waals surface area contributed by atoms with Gasteiger partial charge < -0.3 is 20.5 Å². The van der Waals surface area contributed by atoms with Crippen LogP contribution in [-0.2, 0) is 4.74 Å². The van der Waals surface area contributed by atoms with Gasteiger partial charge in [-0.25, -0.2) is 9.97 Å². The van der Waals surface area contributed by atoms with E-state index in [1.165, 1.54) is 6.20 Å². The molecule has 4 N–H and O–H groups in total. The number of anilines is 1. The predicted octanol–water partition coefficient (Wildman–Crippen LogP) is -1.04. The second kappa shape index (κ2) is 5.07. The maximum absolute atomic E-state index is 9.24. The highest BCUT2D eigenvalue weighted by molar-refractivity contribution is 5.92. The Kier molecular flexibility index (Phi) is 3.50. The predicted molar refractivity (Wildman–Crippen MR) is 62.1 cm³/mol. The number of rotatable bonds is 3. The molecule has 1 aliphatic heterocycles. The van der Waals surface area contributed by atoms with Crippen LogP contribution in [0.5, 0.6) is 0 Å². The third-order valence-electron chi connectivity index (χ3n) is 2.65. The quantitative estimate of drug-likeness (QED) is 0.457. The normalized spacial score (nSPS) is 20.3. The molecule has 1 saturated heterocycles. The van der Waals surface area contributed by atoms with Gasteiger partial charge in [0, 0.05) is 6.54 Å². The van der Waals surface area contributed by atoms with Crippen LogP contribution in [0.4, 0.5) is 5.82 Å². The lowest BCUT2D eigenvalue weighted by atomic mass is 10.2. The number of morpholine rings is 1. The van der Waals surface area contributed by atoms with Gasteiger partial charge >= 0.3 is 0 Å². The van der Waals surface area contributed by atoms with E-state index in [-0.39, 0.29) is 18.5 Å². The van der Waals surface area contributed by atoms with Crippen LogP contribution in [0.3, 0.4) is 0 Å². The van der Waals surface area contributed by atoms with E-state index < -0.39 is 0 Å². The number of nitrogens with zero attached hydrogens (tertiary/aromatic N) is 3. The molecule has 17 heavy (non-hydrogen) atoms. The van der Waals surface area contributed by atoms with E-state index in [4.69, 9.17) is 15.9 Å². The zero-order valence-corrected chi connectivity index (χ0v) is 9.33. The Morgan fingerprint density at radius 3 is 3.00 bits per heavy atom. The second-order valence-electron chi connectivity index (χ2n) is 3.78. The number of ether oxygens (including phenoxy) is 1. The number of aliphatic hydroxyl groups excluding tert-OH is 1. The summed E-state index contributed by atoms with van der Waals surface area (Å²) >= 11 is 0. The Morgan fingerprint density at radius 1 is 1.59 bits per heavy atom. The van der Waals surface area contributed by atoms with Crippen LogP contribution in [-0.4, -0.2) is 53.3 Å². The Hall–Kier alpha value is -1.73. The first kappa shape index (κ1) is 11.7. The van der Waals surface area contributed by atoms with Crippen LogP contribution in [0.1, 0.15) is 5.69 Å². The van der Waals surface area contributed by atoms with E-state index in [0.717, 1.165) is 0 Å². The molecule has 0 aromatic carbocycles. The molecular formula is C10H15N5O2. The first-order chi connectivity index (χ1) is 8.22. The highest BCUT2D eigenvalue weighted by Crippen LogP contribution is 2.15. The standard InChI is InChI=1S/C10H15N5O2/c11-10(12)8-3-14-9(4-13-8)15-1-2-17-6-7(15)5-16/h3-4,7,16H,1-2,5-6H2,(H3,11,12). The Morgan fingerprint density at radius 2 is 2.41 bits per heavy atom. The summed E-state index contributed by atoms with van der Waals surface area (Å²) in [5.74, 6) is 0.557. The zero-order valence-electron chi connectivity index (χ0n) is 9.33. The molecule has 7 nitrogen and oxygen atoms in total. The monoisotopic (exact) mass is 237 g/mol. The number of aromatic nitrogens is 2. The lowest BCUT2D eigenvalue weighted by molar-refractivity contribution is 0.0722. The summed E-state index contributed by atoms with van der Waals surface area (Å²) in [6, 6.07) is -0.0961. The maximum Gasteiger partial charge on any atom is 0.147 e. The molecule has 92 valence electrons. The summed E-state index contributed by atoms with van der Waals surface area (Å²) in [4.78, 5) is 10.2. The average Bonchev–Trinajstić information content (AvgIpc) is 2.39. The largest absolute Gasteiger partial charge is 0.394 e. The highest BCUT2D eigenvalue weighted by atomic mass is 16.5. The van der Waals surface area contributed by atoms with Gasteiger partial charge in [0.2, 0.25) is 0 Å². The number of nitrogens with two attached hydrogens (primary N) is 1. The van der Waals surface area contributed by atoms with E-state index in [1.54, 1.807) is 6.20 Å². The molecule has 0 amide bonds. The minimum Gasteiger partial charge on any atom is -0.394 e. The van der Waals surface area contributed by atoms with Gasteiger partial charge in [-0.2, -0.15) is 0 Å². The molecular weight excluding hydrogens is 222 g/mol. The molecule has 1 fully saturated rings. The molecule has 1 aromatic heterocycles. The minimum atomic E-state index is -0.107. The summed E-state index contributed by atoms with van der Waals surface area (Å²) < 4.78 is 5.28. The molecule has 1 atom stereocenters. The van der Waals surface area contributed by atoms with Crippen LogP contribution >= 0.6 is 0 Å². The molecule has 1 aliphatic rings. The SMILES string of the molecule is N=C(N)c1cnc(N2CCOCC2CO)cn1. The smallest absolute Gasteiger partial charge is 0.147 e. The summed E-state index contributed by atoms with van der Waals surface area (Å²) in [5, 5.41) is 16.5. The van der Waals surface area contributed by atoms with Gasteiger partial charge in [0.05, 0.1) is 38.3 Å². The lowest BCUT2D eigenvalue weighted by Crippen LogP contribution is -2.48. The van der Waals surface area contributed by atoms with E-state index >= 15 is 0 Å². The Balaban J connectivity index is 2.17. The zero-order chi connectivity index (χ0) is 12.3. The van der Waals surface area contributed by atoms with E-state index in [0.29, 0.717) is 31.3 Å².